The Balaban J connectivity index is 2.51. The molecule has 0 heterocycles. The van der Waals surface area contributed by atoms with Gasteiger partial charge >= 0.3 is 0 Å². The Hall–Kier alpha value is -2.10. The Labute approximate surface area is 135 Å². The standard InChI is InChI=1S/C14H17N3O4S2/c1-9-3-4-10(2)13(7-9)17-23(20,21)11-5-6-12(15)14(8-11)22(16,18)19/h3-8,17H,15H2,1-2H3,(H2,16,18,19). The first kappa shape index (κ1) is 17.3. The van der Waals surface area contributed by atoms with Crippen molar-refractivity contribution in [2.75, 3.05) is 10.5 Å². The quantitative estimate of drug-likeness (QED) is 0.712. The van der Waals surface area contributed by atoms with Crippen LogP contribution in [0.1, 0.15) is 11.1 Å². The first-order valence-corrected chi connectivity index (χ1v) is 9.56. The van der Waals surface area contributed by atoms with Gasteiger partial charge in [-0.25, -0.2) is 22.0 Å². The van der Waals surface area contributed by atoms with E-state index in [1.165, 1.54) is 12.1 Å². The molecule has 23 heavy (non-hydrogen) atoms. The molecule has 124 valence electrons. The molecule has 2 rings (SSSR count). The van der Waals surface area contributed by atoms with E-state index < -0.39 is 24.9 Å². The van der Waals surface area contributed by atoms with Gasteiger partial charge in [0.1, 0.15) is 4.90 Å². The number of nitrogens with two attached hydrogens (primary N) is 2. The molecular weight excluding hydrogens is 338 g/mol. The maximum absolute atomic E-state index is 12.5. The Morgan fingerprint density at radius 3 is 2.22 bits per heavy atom. The molecule has 0 fully saturated rings. The van der Waals surface area contributed by atoms with Gasteiger partial charge < -0.3 is 5.73 Å². The van der Waals surface area contributed by atoms with Gasteiger partial charge in [-0.15, -0.1) is 0 Å². The number of hydrogen-bond acceptors (Lipinski definition) is 5. The summed E-state index contributed by atoms with van der Waals surface area (Å²) in [7, 11) is -8.10. The van der Waals surface area contributed by atoms with Gasteiger partial charge in [0.25, 0.3) is 10.0 Å². The van der Waals surface area contributed by atoms with E-state index >= 15 is 0 Å². The van der Waals surface area contributed by atoms with Crippen LogP contribution in [0.2, 0.25) is 0 Å². The lowest BCUT2D eigenvalue weighted by Gasteiger charge is -2.12. The zero-order chi connectivity index (χ0) is 17.4. The van der Waals surface area contributed by atoms with Crippen LogP contribution in [-0.2, 0) is 20.0 Å². The Kier molecular flexibility index (Phi) is 4.38. The smallest absolute Gasteiger partial charge is 0.261 e. The molecule has 0 amide bonds. The van der Waals surface area contributed by atoms with E-state index in [0.29, 0.717) is 5.69 Å². The van der Waals surface area contributed by atoms with Crippen molar-refractivity contribution >= 4 is 31.4 Å². The molecule has 0 aliphatic heterocycles. The largest absolute Gasteiger partial charge is 0.398 e. The molecule has 0 aliphatic carbocycles. The zero-order valence-electron chi connectivity index (χ0n) is 12.6. The highest BCUT2D eigenvalue weighted by atomic mass is 32.2. The van der Waals surface area contributed by atoms with Crippen LogP contribution in [0, 0.1) is 13.8 Å². The van der Waals surface area contributed by atoms with Crippen molar-refractivity contribution < 1.29 is 16.8 Å². The van der Waals surface area contributed by atoms with Crippen LogP contribution in [0.15, 0.2) is 46.2 Å². The Bertz CT molecular complexity index is 968. The number of benzene rings is 2. The number of anilines is 2. The monoisotopic (exact) mass is 355 g/mol. The molecule has 0 saturated heterocycles. The van der Waals surface area contributed by atoms with Crippen molar-refractivity contribution in [3.05, 3.63) is 47.5 Å². The number of hydrogen-bond donors (Lipinski definition) is 3. The van der Waals surface area contributed by atoms with E-state index in [9.17, 15) is 16.8 Å². The van der Waals surface area contributed by atoms with Crippen molar-refractivity contribution in [1.82, 2.24) is 0 Å². The summed E-state index contributed by atoms with van der Waals surface area (Å²) >= 11 is 0. The average Bonchev–Trinajstić information content (AvgIpc) is 2.41. The second-order valence-corrected chi connectivity index (χ2v) is 8.38. The topological polar surface area (TPSA) is 132 Å². The van der Waals surface area contributed by atoms with Crippen LogP contribution in [0.25, 0.3) is 0 Å². The first-order valence-electron chi connectivity index (χ1n) is 6.53. The van der Waals surface area contributed by atoms with Crippen LogP contribution in [-0.4, -0.2) is 16.8 Å². The summed E-state index contributed by atoms with van der Waals surface area (Å²) in [6, 6.07) is 8.68. The molecule has 0 bridgehead atoms. The van der Waals surface area contributed by atoms with E-state index in [-0.39, 0.29) is 10.6 Å². The maximum atomic E-state index is 12.5. The van der Waals surface area contributed by atoms with Gasteiger partial charge in [-0.1, -0.05) is 12.1 Å². The summed E-state index contributed by atoms with van der Waals surface area (Å²) in [6.45, 7) is 3.59. The Morgan fingerprint density at radius 2 is 1.61 bits per heavy atom. The fraction of sp³-hybridized carbons (Fsp3) is 0.143. The normalized spacial score (nSPS) is 12.1. The van der Waals surface area contributed by atoms with Gasteiger partial charge in [-0.3, -0.25) is 4.72 Å². The first-order chi connectivity index (χ1) is 10.5. The van der Waals surface area contributed by atoms with Crippen LogP contribution < -0.4 is 15.6 Å². The maximum Gasteiger partial charge on any atom is 0.261 e. The van der Waals surface area contributed by atoms with Crippen LogP contribution in [0.4, 0.5) is 11.4 Å². The number of sulfonamides is 2. The van der Waals surface area contributed by atoms with Gasteiger partial charge in [0.15, 0.2) is 0 Å². The molecule has 7 nitrogen and oxygen atoms in total. The summed E-state index contributed by atoms with van der Waals surface area (Å²) in [5, 5.41) is 5.04. The van der Waals surface area contributed by atoms with Gasteiger partial charge in [0.05, 0.1) is 16.3 Å². The number of primary sulfonamides is 1. The summed E-state index contributed by atoms with van der Waals surface area (Å²) in [5.41, 5.74) is 7.47. The minimum Gasteiger partial charge on any atom is -0.398 e. The lowest BCUT2D eigenvalue weighted by Crippen LogP contribution is -2.18. The highest BCUT2D eigenvalue weighted by Gasteiger charge is 2.20. The van der Waals surface area contributed by atoms with Gasteiger partial charge in [-0.05, 0) is 49.2 Å². The third-order valence-corrected chi connectivity index (χ3v) is 5.57. The third-order valence-electron chi connectivity index (χ3n) is 3.24. The second-order valence-electron chi connectivity index (χ2n) is 5.17. The van der Waals surface area contributed by atoms with Gasteiger partial charge in [-0.2, -0.15) is 0 Å². The van der Waals surface area contributed by atoms with Crippen LogP contribution in [0.5, 0.6) is 0 Å². The molecule has 0 unspecified atom stereocenters. The molecule has 0 radical (unpaired) electrons. The lowest BCUT2D eigenvalue weighted by atomic mass is 10.1. The van der Waals surface area contributed by atoms with Gasteiger partial charge in [0.2, 0.25) is 10.0 Å². The molecule has 5 N–H and O–H groups in total. The number of aryl methyl sites for hydroxylation is 2. The predicted octanol–water partition coefficient (Wildman–Crippen LogP) is 1.33. The molecule has 0 spiro atoms. The van der Waals surface area contributed by atoms with E-state index in [1.807, 2.05) is 13.0 Å². The summed E-state index contributed by atoms with van der Waals surface area (Å²) < 4.78 is 50.3. The molecular formula is C14H17N3O4S2. The minimum absolute atomic E-state index is 0.113. The molecule has 0 saturated carbocycles. The number of rotatable bonds is 4. The van der Waals surface area contributed by atoms with E-state index in [1.54, 1.807) is 19.1 Å². The lowest BCUT2D eigenvalue weighted by molar-refractivity contribution is 0.597. The van der Waals surface area contributed by atoms with Crippen molar-refractivity contribution in [2.45, 2.75) is 23.6 Å². The molecule has 9 heteroatoms. The van der Waals surface area contributed by atoms with Crippen molar-refractivity contribution in [2.24, 2.45) is 5.14 Å². The van der Waals surface area contributed by atoms with E-state index in [4.69, 9.17) is 10.9 Å². The van der Waals surface area contributed by atoms with Crippen LogP contribution in [0.3, 0.4) is 0 Å². The Morgan fingerprint density at radius 1 is 0.957 bits per heavy atom. The second kappa shape index (κ2) is 5.84. The zero-order valence-corrected chi connectivity index (χ0v) is 14.2. The van der Waals surface area contributed by atoms with Crippen molar-refractivity contribution in [1.29, 1.82) is 0 Å². The predicted molar refractivity (Wildman–Crippen MR) is 89.0 cm³/mol. The number of nitrogens with one attached hydrogen (secondary N) is 1. The molecule has 0 aliphatic rings. The average molecular weight is 355 g/mol. The van der Waals surface area contributed by atoms with E-state index in [2.05, 4.69) is 4.72 Å². The molecule has 0 aromatic heterocycles. The highest BCUT2D eigenvalue weighted by molar-refractivity contribution is 7.93. The molecule has 2 aromatic carbocycles. The number of nitrogen functional groups attached to an aromatic ring is 1. The summed E-state index contributed by atoms with van der Waals surface area (Å²) in [5.74, 6) is 0. The minimum atomic E-state index is -4.12. The highest BCUT2D eigenvalue weighted by Crippen LogP contribution is 2.25. The summed E-state index contributed by atoms with van der Waals surface area (Å²) in [6.07, 6.45) is 0. The van der Waals surface area contributed by atoms with Crippen molar-refractivity contribution in [3.63, 3.8) is 0 Å². The molecule has 2 aromatic rings. The fourth-order valence-corrected chi connectivity index (χ4v) is 3.89. The van der Waals surface area contributed by atoms with Gasteiger partial charge in [0, 0.05) is 0 Å². The third kappa shape index (κ3) is 3.81. The fourth-order valence-electron chi connectivity index (χ4n) is 1.98. The van der Waals surface area contributed by atoms with E-state index in [0.717, 1.165) is 17.2 Å². The van der Waals surface area contributed by atoms with Crippen molar-refractivity contribution in [3.8, 4) is 0 Å². The summed E-state index contributed by atoms with van der Waals surface area (Å²) in [4.78, 5) is -0.669. The SMILES string of the molecule is Cc1ccc(C)c(NS(=O)(=O)c2ccc(N)c(S(N)(=O)=O)c2)c1. The molecule has 0 atom stereocenters. The van der Waals surface area contributed by atoms with Crippen LogP contribution >= 0.6 is 0 Å².